The first-order valence-electron chi connectivity index (χ1n) is 6.01. The van der Waals surface area contributed by atoms with Crippen LogP contribution in [0.5, 0.6) is 0 Å². The van der Waals surface area contributed by atoms with Crippen LogP contribution in [0.15, 0.2) is 54.7 Å². The highest BCUT2D eigenvalue weighted by Crippen LogP contribution is 2.22. The third-order valence-corrected chi connectivity index (χ3v) is 3.17. The Kier molecular flexibility index (Phi) is 2.96. The number of hydrogen-bond acceptors (Lipinski definition) is 2. The van der Waals surface area contributed by atoms with E-state index in [-0.39, 0.29) is 5.56 Å². The van der Waals surface area contributed by atoms with Crippen molar-refractivity contribution in [2.75, 3.05) is 0 Å². The molecule has 0 aliphatic carbocycles. The van der Waals surface area contributed by atoms with Gasteiger partial charge in [-0.25, -0.2) is 9.87 Å². The fourth-order valence-electron chi connectivity index (χ4n) is 2.21. The third kappa shape index (κ3) is 1.94. The monoisotopic (exact) mass is 270 g/mol. The summed E-state index contributed by atoms with van der Waals surface area (Å²) in [5, 5.41) is 9.68. The predicted molar refractivity (Wildman–Crippen MR) is 72.5 cm³/mol. The summed E-state index contributed by atoms with van der Waals surface area (Å²) in [6.07, 6.45) is 1.85. The molecule has 0 unspecified atom stereocenters. The number of aromatic nitrogens is 1. The quantitative estimate of drug-likeness (QED) is 0.555. The Labute approximate surface area is 114 Å². The van der Waals surface area contributed by atoms with E-state index >= 15 is 0 Å². The highest BCUT2D eigenvalue weighted by molar-refractivity contribution is 5.94. The van der Waals surface area contributed by atoms with Crippen LogP contribution in [-0.4, -0.2) is 15.7 Å². The molecule has 0 radical (unpaired) electrons. The number of halogens is 1. The van der Waals surface area contributed by atoms with E-state index < -0.39 is 11.7 Å². The third-order valence-electron chi connectivity index (χ3n) is 3.17. The van der Waals surface area contributed by atoms with Crippen LogP contribution in [0.4, 0.5) is 4.39 Å². The van der Waals surface area contributed by atoms with Crippen molar-refractivity contribution in [3.05, 3.63) is 66.1 Å². The number of carbonyl (C=O) groups is 1. The first-order valence-corrected chi connectivity index (χ1v) is 6.01. The van der Waals surface area contributed by atoms with Gasteiger partial charge >= 0.3 is 0 Å². The summed E-state index contributed by atoms with van der Waals surface area (Å²) in [6, 6.07) is 13.9. The molecule has 2 N–H and O–H groups in total. The van der Waals surface area contributed by atoms with Gasteiger partial charge in [-0.1, -0.05) is 18.2 Å². The number of benzene rings is 2. The van der Waals surface area contributed by atoms with Crippen LogP contribution in [0.2, 0.25) is 0 Å². The first-order chi connectivity index (χ1) is 9.70. The zero-order valence-electron chi connectivity index (χ0n) is 10.4. The van der Waals surface area contributed by atoms with Crippen LogP contribution in [0, 0.1) is 5.82 Å². The van der Waals surface area contributed by atoms with Gasteiger partial charge in [-0.15, -0.1) is 0 Å². The van der Waals surface area contributed by atoms with Crippen molar-refractivity contribution in [3.63, 3.8) is 0 Å². The molecule has 2 aromatic carbocycles. The number of hydroxylamine groups is 1. The van der Waals surface area contributed by atoms with Gasteiger partial charge < -0.3 is 4.57 Å². The second kappa shape index (κ2) is 4.79. The number of nitrogens with zero attached hydrogens (tertiary/aromatic N) is 1. The molecule has 0 spiro atoms. The molecule has 1 heterocycles. The Hall–Kier alpha value is -2.66. The van der Waals surface area contributed by atoms with Crippen LogP contribution in [0.1, 0.15) is 10.4 Å². The van der Waals surface area contributed by atoms with Gasteiger partial charge in [0.1, 0.15) is 5.82 Å². The van der Waals surface area contributed by atoms with Gasteiger partial charge in [-0.2, -0.15) is 0 Å². The summed E-state index contributed by atoms with van der Waals surface area (Å²) in [7, 11) is 0. The Bertz CT molecular complexity index is 795. The van der Waals surface area contributed by atoms with Crippen molar-refractivity contribution in [2.24, 2.45) is 0 Å². The summed E-state index contributed by atoms with van der Waals surface area (Å²) in [6.45, 7) is 0. The maximum Gasteiger partial charge on any atom is 0.277 e. The standard InChI is InChI=1S/C15H11FN2O2/c16-13-6-5-11(9-12(13)15(19)17-20)18-8-7-10-3-1-2-4-14(10)18/h1-9,20H,(H,17,19). The van der Waals surface area contributed by atoms with Gasteiger partial charge in [-0.3, -0.25) is 10.0 Å². The minimum Gasteiger partial charge on any atom is -0.317 e. The van der Waals surface area contributed by atoms with E-state index in [0.717, 1.165) is 10.9 Å². The van der Waals surface area contributed by atoms with Gasteiger partial charge in [0.2, 0.25) is 0 Å². The number of nitrogens with one attached hydrogen (secondary N) is 1. The van der Waals surface area contributed by atoms with Crippen molar-refractivity contribution in [1.29, 1.82) is 0 Å². The molecule has 0 bridgehead atoms. The van der Waals surface area contributed by atoms with Crippen molar-refractivity contribution in [2.45, 2.75) is 0 Å². The summed E-state index contributed by atoms with van der Waals surface area (Å²) >= 11 is 0. The normalized spacial score (nSPS) is 10.7. The van der Waals surface area contributed by atoms with Crippen LogP contribution in [-0.2, 0) is 0 Å². The predicted octanol–water partition coefficient (Wildman–Crippen LogP) is 2.89. The smallest absolute Gasteiger partial charge is 0.277 e. The number of rotatable bonds is 2. The van der Waals surface area contributed by atoms with Crippen LogP contribution in [0.3, 0.4) is 0 Å². The van der Waals surface area contributed by atoms with E-state index in [1.54, 1.807) is 6.07 Å². The van der Waals surface area contributed by atoms with Crippen LogP contribution < -0.4 is 5.48 Å². The fourth-order valence-corrected chi connectivity index (χ4v) is 2.21. The first kappa shape index (κ1) is 12.4. The van der Waals surface area contributed by atoms with Crippen molar-refractivity contribution >= 4 is 16.8 Å². The molecule has 100 valence electrons. The molecule has 1 aromatic heterocycles. The average molecular weight is 270 g/mol. The van der Waals surface area contributed by atoms with E-state index in [4.69, 9.17) is 5.21 Å². The number of hydrogen-bond donors (Lipinski definition) is 2. The van der Waals surface area contributed by atoms with E-state index in [9.17, 15) is 9.18 Å². The highest BCUT2D eigenvalue weighted by atomic mass is 19.1. The lowest BCUT2D eigenvalue weighted by atomic mass is 10.1. The van der Waals surface area contributed by atoms with Gasteiger partial charge in [0.05, 0.1) is 11.1 Å². The number of para-hydroxylation sites is 1. The van der Waals surface area contributed by atoms with Gasteiger partial charge in [0, 0.05) is 11.9 Å². The van der Waals surface area contributed by atoms with Gasteiger partial charge in [-0.05, 0) is 35.7 Å². The maximum absolute atomic E-state index is 13.6. The highest BCUT2D eigenvalue weighted by Gasteiger charge is 2.13. The molecule has 3 rings (SSSR count). The molecular weight excluding hydrogens is 259 g/mol. The molecular formula is C15H11FN2O2. The van der Waals surface area contributed by atoms with E-state index in [1.807, 2.05) is 41.1 Å². The molecule has 4 nitrogen and oxygen atoms in total. The van der Waals surface area contributed by atoms with Crippen molar-refractivity contribution < 1.29 is 14.4 Å². The minimum atomic E-state index is -0.874. The SMILES string of the molecule is O=C(NO)c1cc(-n2ccc3ccccc32)ccc1F. The fraction of sp³-hybridized carbons (Fsp3) is 0. The lowest BCUT2D eigenvalue weighted by molar-refractivity contribution is 0.0702. The molecule has 0 aliphatic heterocycles. The zero-order valence-corrected chi connectivity index (χ0v) is 10.4. The average Bonchev–Trinajstić information content (AvgIpc) is 2.91. The number of carbonyl (C=O) groups excluding carboxylic acids is 1. The molecule has 20 heavy (non-hydrogen) atoms. The molecule has 0 saturated carbocycles. The zero-order chi connectivity index (χ0) is 14.1. The largest absolute Gasteiger partial charge is 0.317 e. The summed E-state index contributed by atoms with van der Waals surface area (Å²) in [4.78, 5) is 11.4. The Morgan fingerprint density at radius 1 is 1.15 bits per heavy atom. The van der Waals surface area contributed by atoms with Gasteiger partial charge in [0.15, 0.2) is 0 Å². The van der Waals surface area contributed by atoms with E-state index in [0.29, 0.717) is 5.69 Å². The molecule has 0 fully saturated rings. The Morgan fingerprint density at radius 3 is 2.75 bits per heavy atom. The Morgan fingerprint density at radius 2 is 1.95 bits per heavy atom. The van der Waals surface area contributed by atoms with Crippen LogP contribution >= 0.6 is 0 Å². The molecule has 0 atom stereocenters. The molecule has 1 amide bonds. The summed E-state index contributed by atoms with van der Waals surface area (Å²) < 4.78 is 15.4. The second-order valence-corrected chi connectivity index (χ2v) is 4.35. The lowest BCUT2D eigenvalue weighted by Gasteiger charge is -2.08. The van der Waals surface area contributed by atoms with Crippen molar-refractivity contribution in [1.82, 2.24) is 10.0 Å². The minimum absolute atomic E-state index is 0.206. The topological polar surface area (TPSA) is 54.3 Å². The molecule has 0 saturated heterocycles. The number of fused-ring (bicyclic) bond motifs is 1. The second-order valence-electron chi connectivity index (χ2n) is 4.35. The van der Waals surface area contributed by atoms with E-state index in [1.165, 1.54) is 17.6 Å². The van der Waals surface area contributed by atoms with E-state index in [2.05, 4.69) is 0 Å². The van der Waals surface area contributed by atoms with Gasteiger partial charge in [0.25, 0.3) is 5.91 Å². The molecule has 0 aliphatic rings. The van der Waals surface area contributed by atoms with Crippen LogP contribution in [0.25, 0.3) is 16.6 Å². The van der Waals surface area contributed by atoms with Crippen molar-refractivity contribution in [3.8, 4) is 5.69 Å². The maximum atomic E-state index is 13.6. The Balaban J connectivity index is 2.17. The summed E-state index contributed by atoms with van der Waals surface area (Å²) in [5.74, 6) is -1.56. The molecule has 5 heteroatoms. The lowest BCUT2D eigenvalue weighted by Crippen LogP contribution is -2.20. The number of amides is 1. The summed E-state index contributed by atoms with van der Waals surface area (Å²) in [5.41, 5.74) is 2.84. The molecule has 3 aromatic rings.